The average Bonchev–Trinajstić information content (AvgIpc) is 2.30. The van der Waals surface area contributed by atoms with Crippen LogP contribution in [0.25, 0.3) is 0 Å². The fourth-order valence-electron chi connectivity index (χ4n) is 2.25. The van der Waals surface area contributed by atoms with Crippen molar-refractivity contribution in [2.45, 2.75) is 84.4 Å². The first-order chi connectivity index (χ1) is 9.53. The first-order valence-corrected chi connectivity index (χ1v) is 10.9. The van der Waals surface area contributed by atoms with Gasteiger partial charge in [-0.15, -0.1) is 0 Å². The Kier molecular flexibility index (Phi) is 6.44. The number of rotatable bonds is 5. The lowest BCUT2D eigenvalue weighted by Crippen LogP contribution is -2.42. The van der Waals surface area contributed by atoms with Crippen molar-refractivity contribution in [1.29, 1.82) is 0 Å². The van der Waals surface area contributed by atoms with Crippen molar-refractivity contribution in [3.05, 3.63) is 0 Å². The van der Waals surface area contributed by atoms with Crippen LogP contribution in [-0.2, 0) is 18.7 Å². The van der Waals surface area contributed by atoms with Gasteiger partial charge >= 0.3 is 5.97 Å². The molecule has 1 fully saturated rings. The number of esters is 1. The summed E-state index contributed by atoms with van der Waals surface area (Å²) in [6.45, 7) is 15.6. The van der Waals surface area contributed by atoms with E-state index in [1.807, 2.05) is 0 Å². The second kappa shape index (κ2) is 7.25. The van der Waals surface area contributed by atoms with Crippen molar-refractivity contribution in [2.24, 2.45) is 5.92 Å². The van der Waals surface area contributed by atoms with Gasteiger partial charge in [0.05, 0.1) is 6.10 Å². The number of hydrogen-bond acceptors (Lipinski definition) is 4. The summed E-state index contributed by atoms with van der Waals surface area (Å²) < 4.78 is 17.3. The fourth-order valence-corrected chi connectivity index (χ4v) is 3.31. The van der Waals surface area contributed by atoms with Gasteiger partial charge in [0.2, 0.25) is 6.29 Å². The molecule has 1 heterocycles. The monoisotopic (exact) mass is 316 g/mol. The summed E-state index contributed by atoms with van der Waals surface area (Å²) in [6.07, 6.45) is 2.43. The fraction of sp³-hybridized carbons (Fsp3) is 0.938. The van der Waals surface area contributed by atoms with Gasteiger partial charge in [0, 0.05) is 20.0 Å². The van der Waals surface area contributed by atoms with Gasteiger partial charge < -0.3 is 13.9 Å². The molecule has 1 saturated heterocycles. The first-order valence-electron chi connectivity index (χ1n) is 7.99. The lowest BCUT2D eigenvalue weighted by atomic mass is 9.94. The van der Waals surface area contributed by atoms with E-state index in [2.05, 4.69) is 40.8 Å². The van der Waals surface area contributed by atoms with E-state index in [9.17, 15) is 4.79 Å². The van der Waals surface area contributed by atoms with Crippen molar-refractivity contribution < 1.29 is 18.7 Å². The van der Waals surface area contributed by atoms with Crippen LogP contribution in [0, 0.1) is 5.92 Å². The standard InChI is InChI=1S/C16H32O4Si/c1-12-8-9-15(19-13(2)17)20-14(12)10-11-18-21(6,7)16(3,4)5/h12,14-15H,8-11H2,1-7H3/t12-,14-,15?/m0/s1. The predicted molar refractivity (Wildman–Crippen MR) is 86.6 cm³/mol. The molecular weight excluding hydrogens is 284 g/mol. The van der Waals surface area contributed by atoms with E-state index in [-0.39, 0.29) is 23.4 Å². The molecule has 1 unspecified atom stereocenters. The minimum absolute atomic E-state index is 0.118. The highest BCUT2D eigenvalue weighted by molar-refractivity contribution is 6.74. The lowest BCUT2D eigenvalue weighted by Gasteiger charge is -2.38. The molecule has 1 aliphatic rings. The van der Waals surface area contributed by atoms with Gasteiger partial charge in [-0.1, -0.05) is 27.7 Å². The molecule has 0 radical (unpaired) electrons. The van der Waals surface area contributed by atoms with Gasteiger partial charge in [-0.25, -0.2) is 0 Å². The predicted octanol–water partition coefficient (Wildman–Crippen LogP) is 4.10. The Hall–Kier alpha value is -0.393. The maximum Gasteiger partial charge on any atom is 0.304 e. The molecule has 4 nitrogen and oxygen atoms in total. The topological polar surface area (TPSA) is 44.8 Å². The van der Waals surface area contributed by atoms with Crippen molar-refractivity contribution in [3.8, 4) is 0 Å². The van der Waals surface area contributed by atoms with E-state index < -0.39 is 8.32 Å². The van der Waals surface area contributed by atoms with Gasteiger partial charge in [-0.05, 0) is 36.9 Å². The summed E-state index contributed by atoms with van der Waals surface area (Å²) in [4.78, 5) is 11.0. The maximum atomic E-state index is 11.0. The quantitative estimate of drug-likeness (QED) is 0.566. The molecular formula is C16H32O4Si. The van der Waals surface area contributed by atoms with Crippen molar-refractivity contribution in [2.75, 3.05) is 6.61 Å². The van der Waals surface area contributed by atoms with Crippen LogP contribution < -0.4 is 0 Å². The van der Waals surface area contributed by atoms with Crippen LogP contribution in [0.3, 0.4) is 0 Å². The van der Waals surface area contributed by atoms with E-state index in [4.69, 9.17) is 13.9 Å². The highest BCUT2D eigenvalue weighted by atomic mass is 28.4. The Bertz CT molecular complexity index is 349. The number of carbonyl (C=O) groups is 1. The van der Waals surface area contributed by atoms with E-state index in [1.54, 1.807) is 0 Å². The van der Waals surface area contributed by atoms with Crippen molar-refractivity contribution in [3.63, 3.8) is 0 Å². The Labute approximate surface area is 130 Å². The molecule has 0 saturated carbocycles. The first kappa shape index (κ1) is 18.7. The van der Waals surface area contributed by atoms with Crippen LogP contribution in [0.5, 0.6) is 0 Å². The van der Waals surface area contributed by atoms with Gasteiger partial charge in [-0.3, -0.25) is 4.79 Å². The summed E-state index contributed by atoms with van der Waals surface area (Å²) in [5, 5.41) is 0.228. The Morgan fingerprint density at radius 3 is 2.43 bits per heavy atom. The third-order valence-corrected chi connectivity index (χ3v) is 9.33. The minimum atomic E-state index is -1.70. The highest BCUT2D eigenvalue weighted by Gasteiger charge is 2.37. The van der Waals surface area contributed by atoms with Crippen LogP contribution in [0.1, 0.15) is 53.9 Å². The molecule has 0 bridgehead atoms. The van der Waals surface area contributed by atoms with Gasteiger partial charge in [0.15, 0.2) is 8.32 Å². The Balaban J connectivity index is 2.44. The smallest absolute Gasteiger partial charge is 0.304 e. The SMILES string of the molecule is CC(=O)OC1CC[C@H](C)[C@H](CCO[Si](C)(C)C(C)(C)C)O1. The second-order valence-corrected chi connectivity index (χ2v) is 12.5. The zero-order valence-electron chi connectivity index (χ0n) is 14.7. The van der Waals surface area contributed by atoms with Crippen LogP contribution in [0.4, 0.5) is 0 Å². The van der Waals surface area contributed by atoms with Crippen LogP contribution in [0.2, 0.25) is 18.1 Å². The molecule has 21 heavy (non-hydrogen) atoms. The number of carbonyl (C=O) groups excluding carboxylic acids is 1. The van der Waals surface area contributed by atoms with Gasteiger partial charge in [0.1, 0.15) is 0 Å². The van der Waals surface area contributed by atoms with Crippen molar-refractivity contribution >= 4 is 14.3 Å². The zero-order chi connectivity index (χ0) is 16.3. The van der Waals surface area contributed by atoms with E-state index in [0.717, 1.165) is 25.9 Å². The Morgan fingerprint density at radius 2 is 1.90 bits per heavy atom. The van der Waals surface area contributed by atoms with E-state index in [0.29, 0.717) is 5.92 Å². The molecule has 124 valence electrons. The van der Waals surface area contributed by atoms with Crippen molar-refractivity contribution in [1.82, 2.24) is 0 Å². The minimum Gasteiger partial charge on any atom is -0.436 e. The highest BCUT2D eigenvalue weighted by Crippen LogP contribution is 2.37. The summed E-state index contributed by atoms with van der Waals surface area (Å²) >= 11 is 0. The Morgan fingerprint density at radius 1 is 1.29 bits per heavy atom. The lowest BCUT2D eigenvalue weighted by molar-refractivity contribution is -0.211. The summed E-state index contributed by atoms with van der Waals surface area (Å²) in [6, 6.07) is 0. The normalized spacial score (nSPS) is 27.5. The number of hydrogen-bond donors (Lipinski definition) is 0. The van der Waals surface area contributed by atoms with Gasteiger partial charge in [0.25, 0.3) is 0 Å². The van der Waals surface area contributed by atoms with E-state index >= 15 is 0 Å². The van der Waals surface area contributed by atoms with Crippen LogP contribution >= 0.6 is 0 Å². The third-order valence-electron chi connectivity index (χ3n) is 4.79. The molecule has 3 atom stereocenters. The molecule has 0 amide bonds. The number of ether oxygens (including phenoxy) is 2. The molecule has 0 aromatic heterocycles. The van der Waals surface area contributed by atoms with E-state index in [1.165, 1.54) is 6.92 Å². The molecule has 0 N–H and O–H groups in total. The second-order valence-electron chi connectivity index (χ2n) is 7.67. The largest absolute Gasteiger partial charge is 0.436 e. The summed E-state index contributed by atoms with van der Waals surface area (Å²) in [7, 11) is -1.70. The third kappa shape index (κ3) is 5.72. The average molecular weight is 317 g/mol. The molecule has 0 aromatic rings. The molecule has 1 rings (SSSR count). The van der Waals surface area contributed by atoms with Gasteiger partial charge in [-0.2, -0.15) is 0 Å². The molecule has 0 aliphatic carbocycles. The molecule has 1 aliphatic heterocycles. The zero-order valence-corrected chi connectivity index (χ0v) is 15.7. The molecule has 5 heteroatoms. The van der Waals surface area contributed by atoms with Crippen LogP contribution in [0.15, 0.2) is 0 Å². The maximum absolute atomic E-state index is 11.0. The molecule has 0 spiro atoms. The molecule has 0 aromatic carbocycles. The summed E-state index contributed by atoms with van der Waals surface area (Å²) in [5.74, 6) is 0.214. The van der Waals surface area contributed by atoms with Crippen LogP contribution in [-0.4, -0.2) is 33.3 Å². The summed E-state index contributed by atoms with van der Waals surface area (Å²) in [5.41, 5.74) is 0.